The molecule has 2 saturated heterocycles. The van der Waals surface area contributed by atoms with Crippen molar-refractivity contribution in [3.8, 4) is 0 Å². The first kappa shape index (κ1) is 11.5. The van der Waals surface area contributed by atoms with Gasteiger partial charge in [-0.2, -0.15) is 0 Å². The lowest BCUT2D eigenvalue weighted by atomic mass is 9.91. The van der Waals surface area contributed by atoms with Crippen LogP contribution in [-0.2, 0) is 14.4 Å². The van der Waals surface area contributed by atoms with Gasteiger partial charge in [0.25, 0.3) is 0 Å². The van der Waals surface area contributed by atoms with Crippen LogP contribution in [-0.4, -0.2) is 46.9 Å². The van der Waals surface area contributed by atoms with Crippen molar-refractivity contribution in [1.29, 1.82) is 0 Å². The van der Waals surface area contributed by atoms with Crippen LogP contribution < -0.4 is 5.32 Å². The number of nitrogens with one attached hydrogen (secondary N) is 1. The monoisotopic (exact) mass is 252 g/mol. The number of carboxylic acids is 1. The van der Waals surface area contributed by atoms with Gasteiger partial charge >= 0.3 is 5.97 Å². The Morgan fingerprint density at radius 3 is 2.78 bits per heavy atom. The third-order valence-corrected chi connectivity index (χ3v) is 4.31. The predicted molar refractivity (Wildman–Crippen MR) is 60.5 cm³/mol. The number of amides is 2. The van der Waals surface area contributed by atoms with Gasteiger partial charge in [0.1, 0.15) is 0 Å². The first-order valence-corrected chi connectivity index (χ1v) is 6.40. The van der Waals surface area contributed by atoms with Crippen LogP contribution in [0, 0.1) is 17.8 Å². The molecule has 2 N–H and O–H groups in total. The first-order valence-electron chi connectivity index (χ1n) is 6.40. The summed E-state index contributed by atoms with van der Waals surface area (Å²) in [5.74, 6) is -1.90. The summed E-state index contributed by atoms with van der Waals surface area (Å²) in [7, 11) is 0. The van der Waals surface area contributed by atoms with Crippen LogP contribution in [0.25, 0.3) is 0 Å². The van der Waals surface area contributed by atoms with E-state index in [1.165, 1.54) is 0 Å². The number of rotatable bonds is 2. The predicted octanol–water partition coefficient (Wildman–Crippen LogP) is -0.556. The molecule has 0 aromatic carbocycles. The quantitative estimate of drug-likeness (QED) is 0.690. The second-order valence-corrected chi connectivity index (χ2v) is 5.38. The van der Waals surface area contributed by atoms with Gasteiger partial charge in [0.15, 0.2) is 0 Å². The van der Waals surface area contributed by atoms with Crippen molar-refractivity contribution in [1.82, 2.24) is 10.2 Å². The number of hydrogen-bond acceptors (Lipinski definition) is 3. The first-order chi connectivity index (χ1) is 8.59. The van der Waals surface area contributed by atoms with Crippen LogP contribution in [0.15, 0.2) is 0 Å². The fourth-order valence-corrected chi connectivity index (χ4v) is 3.18. The van der Waals surface area contributed by atoms with Gasteiger partial charge in [-0.05, 0) is 19.3 Å². The van der Waals surface area contributed by atoms with Gasteiger partial charge in [-0.15, -0.1) is 0 Å². The average Bonchev–Trinajstić information content (AvgIpc) is 3.08. The summed E-state index contributed by atoms with van der Waals surface area (Å²) < 4.78 is 0. The van der Waals surface area contributed by atoms with Crippen molar-refractivity contribution in [3.05, 3.63) is 0 Å². The number of aliphatic carboxylic acids is 1. The minimum Gasteiger partial charge on any atom is -0.481 e. The Morgan fingerprint density at radius 1 is 1.33 bits per heavy atom. The molecule has 6 heteroatoms. The van der Waals surface area contributed by atoms with Crippen LogP contribution in [0.4, 0.5) is 0 Å². The van der Waals surface area contributed by atoms with Crippen LogP contribution >= 0.6 is 0 Å². The van der Waals surface area contributed by atoms with Gasteiger partial charge < -0.3 is 15.3 Å². The van der Waals surface area contributed by atoms with E-state index in [0.717, 1.165) is 12.8 Å². The molecule has 2 aliphatic heterocycles. The highest BCUT2D eigenvalue weighted by Crippen LogP contribution is 2.42. The van der Waals surface area contributed by atoms with Gasteiger partial charge in [0.05, 0.1) is 23.8 Å². The number of likely N-dealkylation sites (tertiary alicyclic amines) is 1. The minimum absolute atomic E-state index is 0.0306. The Bertz CT molecular complexity index is 422. The number of carboxylic acid groups (broad SMARTS) is 1. The van der Waals surface area contributed by atoms with Crippen molar-refractivity contribution in [2.45, 2.75) is 25.3 Å². The summed E-state index contributed by atoms with van der Waals surface area (Å²) in [6.45, 7) is 1.16. The largest absolute Gasteiger partial charge is 0.481 e. The number of fused-ring (bicyclic) bond motifs is 1. The Labute approximate surface area is 104 Å². The minimum atomic E-state index is -0.887. The van der Waals surface area contributed by atoms with Crippen molar-refractivity contribution >= 4 is 17.8 Å². The summed E-state index contributed by atoms with van der Waals surface area (Å²) >= 11 is 0. The molecule has 1 aliphatic carbocycles. The van der Waals surface area contributed by atoms with E-state index in [4.69, 9.17) is 5.11 Å². The summed E-state index contributed by atoms with van der Waals surface area (Å²) in [4.78, 5) is 36.4. The molecule has 0 spiro atoms. The van der Waals surface area contributed by atoms with Gasteiger partial charge in [-0.25, -0.2) is 0 Å². The maximum atomic E-state index is 12.2. The maximum Gasteiger partial charge on any atom is 0.307 e. The summed E-state index contributed by atoms with van der Waals surface area (Å²) in [6, 6.07) is -0.0613. The zero-order chi connectivity index (χ0) is 12.9. The van der Waals surface area contributed by atoms with E-state index in [1.807, 2.05) is 0 Å². The molecule has 0 bridgehead atoms. The number of carbonyl (C=O) groups is 3. The standard InChI is InChI=1S/C12H16N2O4/c15-10-6-2-1-3-14(9(6)5-13-10)11(16)7-4-8(7)12(17)18/h6-9H,1-5H2,(H,13,15)(H,17,18)/t6?,7-,8+,9?/m1/s1. The molecule has 0 aromatic rings. The Hall–Kier alpha value is -1.59. The third-order valence-electron chi connectivity index (χ3n) is 4.31. The molecule has 2 unspecified atom stereocenters. The lowest BCUT2D eigenvalue weighted by molar-refractivity contribution is -0.144. The topological polar surface area (TPSA) is 86.7 Å². The second kappa shape index (κ2) is 3.96. The highest BCUT2D eigenvalue weighted by molar-refractivity contribution is 5.91. The number of carbonyl (C=O) groups excluding carboxylic acids is 2. The van der Waals surface area contributed by atoms with Crippen molar-refractivity contribution < 1.29 is 19.5 Å². The Kier molecular flexibility index (Phi) is 2.53. The fraction of sp³-hybridized carbons (Fsp3) is 0.750. The molecule has 6 nitrogen and oxygen atoms in total. The summed E-state index contributed by atoms with van der Waals surface area (Å²) in [5.41, 5.74) is 0. The van der Waals surface area contributed by atoms with E-state index in [2.05, 4.69) is 5.32 Å². The molecule has 98 valence electrons. The molecule has 0 radical (unpaired) electrons. The summed E-state index contributed by atoms with van der Waals surface area (Å²) in [5, 5.41) is 11.7. The van der Waals surface area contributed by atoms with E-state index >= 15 is 0 Å². The SMILES string of the molecule is O=C1NCC2C1CCCN2C(=O)[C@@H]1C[C@@H]1C(=O)O. The molecular formula is C12H16N2O4. The Balaban J connectivity index is 1.71. The van der Waals surface area contributed by atoms with Gasteiger partial charge in [0.2, 0.25) is 11.8 Å². The van der Waals surface area contributed by atoms with Gasteiger partial charge in [-0.1, -0.05) is 0 Å². The molecule has 3 aliphatic rings. The average molecular weight is 252 g/mol. The van der Waals surface area contributed by atoms with Crippen LogP contribution in [0.2, 0.25) is 0 Å². The fourth-order valence-electron chi connectivity index (χ4n) is 3.18. The molecule has 2 heterocycles. The lowest BCUT2D eigenvalue weighted by Gasteiger charge is -2.36. The number of nitrogens with zero attached hydrogens (tertiary/aromatic N) is 1. The highest BCUT2D eigenvalue weighted by atomic mass is 16.4. The lowest BCUT2D eigenvalue weighted by Crippen LogP contribution is -2.49. The zero-order valence-electron chi connectivity index (χ0n) is 9.96. The van der Waals surface area contributed by atoms with E-state index in [-0.39, 0.29) is 29.7 Å². The molecule has 4 atom stereocenters. The van der Waals surface area contributed by atoms with E-state index in [0.29, 0.717) is 19.5 Å². The third kappa shape index (κ3) is 1.67. The molecule has 3 fully saturated rings. The Morgan fingerprint density at radius 2 is 2.11 bits per heavy atom. The second-order valence-electron chi connectivity index (χ2n) is 5.38. The molecule has 2 amide bonds. The van der Waals surface area contributed by atoms with E-state index in [1.54, 1.807) is 4.90 Å². The summed E-state index contributed by atoms with van der Waals surface area (Å²) in [6.07, 6.45) is 2.10. The van der Waals surface area contributed by atoms with Crippen molar-refractivity contribution in [3.63, 3.8) is 0 Å². The van der Waals surface area contributed by atoms with Crippen LogP contribution in [0.3, 0.4) is 0 Å². The molecule has 18 heavy (non-hydrogen) atoms. The van der Waals surface area contributed by atoms with Crippen molar-refractivity contribution in [2.24, 2.45) is 17.8 Å². The van der Waals surface area contributed by atoms with Crippen molar-refractivity contribution in [2.75, 3.05) is 13.1 Å². The number of piperidine rings is 1. The highest BCUT2D eigenvalue weighted by Gasteiger charge is 2.52. The smallest absolute Gasteiger partial charge is 0.307 e. The van der Waals surface area contributed by atoms with Crippen LogP contribution in [0.1, 0.15) is 19.3 Å². The van der Waals surface area contributed by atoms with Crippen LogP contribution in [0.5, 0.6) is 0 Å². The molecule has 0 aromatic heterocycles. The molecule has 3 rings (SSSR count). The normalized spacial score (nSPS) is 38.0. The van der Waals surface area contributed by atoms with Gasteiger partial charge in [-0.3, -0.25) is 14.4 Å². The van der Waals surface area contributed by atoms with Gasteiger partial charge in [0, 0.05) is 13.1 Å². The number of hydrogen-bond donors (Lipinski definition) is 2. The molecule has 1 saturated carbocycles. The maximum absolute atomic E-state index is 12.2. The van der Waals surface area contributed by atoms with E-state index < -0.39 is 11.9 Å². The van der Waals surface area contributed by atoms with E-state index in [9.17, 15) is 14.4 Å². The zero-order valence-corrected chi connectivity index (χ0v) is 9.96. The molecular weight excluding hydrogens is 236 g/mol.